The molecular formula is C26H25BrN2O5. The van der Waals surface area contributed by atoms with E-state index < -0.39 is 5.97 Å². The van der Waals surface area contributed by atoms with Gasteiger partial charge in [0.15, 0.2) is 6.61 Å². The lowest BCUT2D eigenvalue weighted by Crippen LogP contribution is -2.24. The number of hydrogen-bond donors (Lipinski definition) is 1. The molecule has 0 aliphatic rings. The number of unbranched alkanes of at least 4 members (excludes halogenated alkanes) is 1. The van der Waals surface area contributed by atoms with Gasteiger partial charge in [-0.1, -0.05) is 29.3 Å². The van der Waals surface area contributed by atoms with Crippen molar-refractivity contribution in [2.75, 3.05) is 13.2 Å². The van der Waals surface area contributed by atoms with Gasteiger partial charge in [0.2, 0.25) is 0 Å². The van der Waals surface area contributed by atoms with Crippen molar-refractivity contribution in [2.24, 2.45) is 5.10 Å². The quantitative estimate of drug-likeness (QED) is 0.120. The zero-order valence-electron chi connectivity index (χ0n) is 18.7. The Kier molecular flexibility index (Phi) is 9.66. The maximum absolute atomic E-state index is 12.2. The molecule has 3 aromatic carbocycles. The Morgan fingerprint density at radius 3 is 2.15 bits per heavy atom. The first kappa shape index (κ1) is 25.0. The van der Waals surface area contributed by atoms with E-state index in [2.05, 4.69) is 33.4 Å². The molecule has 0 saturated carbocycles. The number of benzene rings is 3. The average Bonchev–Trinajstić information content (AvgIpc) is 2.85. The molecule has 0 unspecified atom stereocenters. The van der Waals surface area contributed by atoms with Gasteiger partial charge in [-0.25, -0.2) is 10.2 Å². The summed E-state index contributed by atoms with van der Waals surface area (Å²) in [4.78, 5) is 24.1. The minimum Gasteiger partial charge on any atom is -0.494 e. The maximum Gasteiger partial charge on any atom is 0.343 e. The highest BCUT2D eigenvalue weighted by atomic mass is 79.9. The number of amides is 1. The highest BCUT2D eigenvalue weighted by Gasteiger charge is 2.08. The van der Waals surface area contributed by atoms with E-state index in [1.54, 1.807) is 72.8 Å². The van der Waals surface area contributed by atoms with Crippen molar-refractivity contribution in [1.82, 2.24) is 5.43 Å². The number of rotatable bonds is 11. The highest BCUT2D eigenvalue weighted by molar-refractivity contribution is 9.10. The molecule has 1 N–H and O–H groups in total. The number of carbonyl (C=O) groups is 2. The standard InChI is InChI=1S/C26H25BrN2O5/c1-2-3-16-32-22-12-14-23(15-13-22)33-18-25(30)29-28-17-19-4-10-24(11-5-19)34-26(31)20-6-8-21(27)9-7-20/h4-15,17H,2-3,16,18H2,1H3,(H,29,30)/b28-17-. The van der Waals surface area contributed by atoms with Crippen molar-refractivity contribution in [3.63, 3.8) is 0 Å². The molecule has 1 amide bonds. The SMILES string of the molecule is CCCCOc1ccc(OCC(=O)N/N=C\c2ccc(OC(=O)c3ccc(Br)cc3)cc2)cc1. The van der Waals surface area contributed by atoms with E-state index in [1.165, 1.54) is 6.21 Å². The van der Waals surface area contributed by atoms with Crippen LogP contribution in [0.1, 0.15) is 35.7 Å². The van der Waals surface area contributed by atoms with Crippen LogP contribution in [0, 0.1) is 0 Å². The number of esters is 1. The van der Waals surface area contributed by atoms with Crippen LogP contribution < -0.4 is 19.6 Å². The van der Waals surface area contributed by atoms with Crippen LogP contribution in [0.2, 0.25) is 0 Å². The van der Waals surface area contributed by atoms with Gasteiger partial charge in [-0.3, -0.25) is 4.79 Å². The molecule has 0 aromatic heterocycles. The van der Waals surface area contributed by atoms with Crippen molar-refractivity contribution in [3.05, 3.63) is 88.4 Å². The smallest absolute Gasteiger partial charge is 0.343 e. The maximum atomic E-state index is 12.2. The first-order chi connectivity index (χ1) is 16.5. The monoisotopic (exact) mass is 524 g/mol. The molecule has 0 atom stereocenters. The summed E-state index contributed by atoms with van der Waals surface area (Å²) in [7, 11) is 0. The van der Waals surface area contributed by atoms with Crippen LogP contribution in [0.3, 0.4) is 0 Å². The van der Waals surface area contributed by atoms with E-state index in [9.17, 15) is 9.59 Å². The van der Waals surface area contributed by atoms with Gasteiger partial charge in [0.1, 0.15) is 17.2 Å². The fourth-order valence-corrected chi connectivity index (χ4v) is 2.96. The van der Waals surface area contributed by atoms with Gasteiger partial charge in [-0.05, 0) is 84.8 Å². The van der Waals surface area contributed by atoms with Gasteiger partial charge in [0.05, 0.1) is 18.4 Å². The Hall–Kier alpha value is -3.65. The van der Waals surface area contributed by atoms with Gasteiger partial charge in [-0.15, -0.1) is 0 Å². The summed E-state index contributed by atoms with van der Waals surface area (Å²) in [6.07, 6.45) is 3.57. The predicted molar refractivity (Wildman–Crippen MR) is 134 cm³/mol. The molecular weight excluding hydrogens is 500 g/mol. The summed E-state index contributed by atoms with van der Waals surface area (Å²) in [5, 5.41) is 3.92. The lowest BCUT2D eigenvalue weighted by atomic mass is 10.2. The molecule has 0 aliphatic heterocycles. The largest absolute Gasteiger partial charge is 0.494 e. The molecule has 0 spiro atoms. The molecule has 0 fully saturated rings. The third-order valence-corrected chi connectivity index (χ3v) is 5.06. The molecule has 0 saturated heterocycles. The number of nitrogens with zero attached hydrogens (tertiary/aromatic N) is 1. The second kappa shape index (κ2) is 13.2. The third kappa shape index (κ3) is 8.37. The van der Waals surface area contributed by atoms with Crippen LogP contribution >= 0.6 is 15.9 Å². The molecule has 7 nitrogen and oxygen atoms in total. The van der Waals surface area contributed by atoms with Gasteiger partial charge in [-0.2, -0.15) is 5.10 Å². The Morgan fingerprint density at radius 1 is 0.882 bits per heavy atom. The van der Waals surface area contributed by atoms with E-state index in [0.717, 1.165) is 28.6 Å². The summed E-state index contributed by atoms with van der Waals surface area (Å²) in [5.41, 5.74) is 3.59. The highest BCUT2D eigenvalue weighted by Crippen LogP contribution is 2.18. The van der Waals surface area contributed by atoms with Crippen molar-refractivity contribution < 1.29 is 23.8 Å². The number of ether oxygens (including phenoxy) is 3. The van der Waals surface area contributed by atoms with Crippen LogP contribution in [0.15, 0.2) is 82.4 Å². The van der Waals surface area contributed by atoms with Gasteiger partial charge < -0.3 is 14.2 Å². The number of carbonyl (C=O) groups excluding carboxylic acids is 2. The lowest BCUT2D eigenvalue weighted by molar-refractivity contribution is -0.123. The Morgan fingerprint density at radius 2 is 1.50 bits per heavy atom. The first-order valence-corrected chi connectivity index (χ1v) is 11.6. The molecule has 3 aromatic rings. The van der Waals surface area contributed by atoms with Crippen LogP contribution in [0.5, 0.6) is 17.2 Å². The van der Waals surface area contributed by atoms with Crippen molar-refractivity contribution in [2.45, 2.75) is 19.8 Å². The Balaban J connectivity index is 1.40. The second-order valence-corrected chi connectivity index (χ2v) is 8.14. The van der Waals surface area contributed by atoms with E-state index in [1.807, 2.05) is 0 Å². The van der Waals surface area contributed by atoms with E-state index in [-0.39, 0.29) is 12.5 Å². The summed E-state index contributed by atoms with van der Waals surface area (Å²) in [5.74, 6) is 0.905. The van der Waals surface area contributed by atoms with Crippen LogP contribution in [-0.4, -0.2) is 31.3 Å². The summed E-state index contributed by atoms with van der Waals surface area (Å²) in [6, 6.07) is 20.8. The first-order valence-electron chi connectivity index (χ1n) is 10.8. The molecule has 8 heteroatoms. The summed E-state index contributed by atoms with van der Waals surface area (Å²) < 4.78 is 17.3. The van der Waals surface area contributed by atoms with Crippen molar-refractivity contribution >= 4 is 34.0 Å². The third-order valence-electron chi connectivity index (χ3n) is 4.53. The molecule has 0 heterocycles. The topological polar surface area (TPSA) is 86.2 Å². The van der Waals surface area contributed by atoms with E-state index in [0.29, 0.717) is 23.7 Å². The molecule has 0 aliphatic carbocycles. The molecule has 3 rings (SSSR count). The molecule has 0 bridgehead atoms. The van der Waals surface area contributed by atoms with Crippen LogP contribution in [0.4, 0.5) is 0 Å². The Bertz CT molecular complexity index is 1100. The summed E-state index contributed by atoms with van der Waals surface area (Å²) in [6.45, 7) is 2.62. The number of hydrazone groups is 1. The zero-order chi connectivity index (χ0) is 24.2. The number of nitrogens with one attached hydrogen (secondary N) is 1. The Labute approximate surface area is 206 Å². The second-order valence-electron chi connectivity index (χ2n) is 7.22. The summed E-state index contributed by atoms with van der Waals surface area (Å²) >= 11 is 3.33. The van der Waals surface area contributed by atoms with E-state index in [4.69, 9.17) is 14.2 Å². The van der Waals surface area contributed by atoms with E-state index >= 15 is 0 Å². The molecule has 0 radical (unpaired) electrons. The fraction of sp³-hybridized carbons (Fsp3) is 0.192. The van der Waals surface area contributed by atoms with Gasteiger partial charge in [0.25, 0.3) is 5.91 Å². The van der Waals surface area contributed by atoms with Crippen molar-refractivity contribution in [3.8, 4) is 17.2 Å². The van der Waals surface area contributed by atoms with Gasteiger partial charge in [0, 0.05) is 4.47 Å². The minimum atomic E-state index is -0.445. The number of halogens is 1. The van der Waals surface area contributed by atoms with Crippen molar-refractivity contribution in [1.29, 1.82) is 0 Å². The average molecular weight is 525 g/mol. The zero-order valence-corrected chi connectivity index (χ0v) is 20.3. The minimum absolute atomic E-state index is 0.168. The van der Waals surface area contributed by atoms with Crippen LogP contribution in [0.25, 0.3) is 0 Å². The number of hydrogen-bond acceptors (Lipinski definition) is 6. The fourth-order valence-electron chi connectivity index (χ4n) is 2.70. The normalized spacial score (nSPS) is 10.6. The van der Waals surface area contributed by atoms with Gasteiger partial charge >= 0.3 is 5.97 Å². The molecule has 176 valence electrons. The predicted octanol–water partition coefficient (Wildman–Crippen LogP) is 5.38. The van der Waals surface area contributed by atoms with Crippen LogP contribution in [-0.2, 0) is 4.79 Å². The molecule has 34 heavy (non-hydrogen) atoms. The lowest BCUT2D eigenvalue weighted by Gasteiger charge is -2.08.